The second kappa shape index (κ2) is 7.01. The molecule has 0 aromatic rings. The lowest BCUT2D eigenvalue weighted by Crippen LogP contribution is -2.50. The first kappa shape index (κ1) is 15.3. The number of hydrogen-bond acceptors (Lipinski definition) is 3. The Morgan fingerprint density at radius 3 is 2.71 bits per heavy atom. The summed E-state index contributed by atoms with van der Waals surface area (Å²) in [5.74, 6) is 1.30. The first-order valence-electron chi connectivity index (χ1n) is 7.02. The fraction of sp³-hybridized carbons (Fsp3) is 1.00. The lowest BCUT2D eigenvalue weighted by Gasteiger charge is -2.43. The Morgan fingerprint density at radius 2 is 2.12 bits per heavy atom. The molecule has 102 valence electrons. The van der Waals surface area contributed by atoms with E-state index in [-0.39, 0.29) is 0 Å². The van der Waals surface area contributed by atoms with Crippen LogP contribution in [0.3, 0.4) is 0 Å². The van der Waals surface area contributed by atoms with Gasteiger partial charge in [-0.15, -0.1) is 0 Å². The normalized spacial score (nSPS) is 30.2. The lowest BCUT2D eigenvalue weighted by atomic mass is 9.84. The quantitative estimate of drug-likeness (QED) is 0.789. The van der Waals surface area contributed by atoms with Crippen molar-refractivity contribution in [1.29, 1.82) is 0 Å². The Balaban J connectivity index is 2.59. The van der Waals surface area contributed by atoms with Gasteiger partial charge in [0, 0.05) is 36.7 Å². The molecule has 1 fully saturated rings. The third-order valence-corrected chi connectivity index (χ3v) is 5.39. The molecule has 1 N–H and O–H groups in total. The summed E-state index contributed by atoms with van der Waals surface area (Å²) in [6.45, 7) is 13.1. The highest BCUT2D eigenvalue weighted by Gasteiger charge is 2.31. The van der Waals surface area contributed by atoms with E-state index in [4.69, 9.17) is 0 Å². The van der Waals surface area contributed by atoms with Crippen LogP contribution in [-0.4, -0.2) is 48.6 Å². The first-order chi connectivity index (χ1) is 8.02. The monoisotopic (exact) mass is 258 g/mol. The van der Waals surface area contributed by atoms with Crippen LogP contribution in [-0.2, 0) is 0 Å². The van der Waals surface area contributed by atoms with Gasteiger partial charge in [0.25, 0.3) is 0 Å². The standard InChI is InChI=1S/C14H30N2S/c1-6-7-14(4,10-15-5)11-16-8-9-17-13(3)12(16)2/h12-13,15H,6-11H2,1-5H3. The van der Waals surface area contributed by atoms with E-state index in [9.17, 15) is 0 Å². The zero-order valence-corrected chi connectivity index (χ0v) is 13.1. The molecule has 0 aromatic carbocycles. The molecule has 17 heavy (non-hydrogen) atoms. The van der Waals surface area contributed by atoms with Gasteiger partial charge in [-0.3, -0.25) is 4.90 Å². The average molecular weight is 258 g/mol. The summed E-state index contributed by atoms with van der Waals surface area (Å²) in [4.78, 5) is 2.70. The van der Waals surface area contributed by atoms with Crippen molar-refractivity contribution in [2.45, 2.75) is 51.8 Å². The number of nitrogens with one attached hydrogen (secondary N) is 1. The van der Waals surface area contributed by atoms with E-state index in [1.807, 2.05) is 0 Å². The van der Waals surface area contributed by atoms with Crippen molar-refractivity contribution in [2.75, 3.05) is 32.4 Å². The van der Waals surface area contributed by atoms with Crippen LogP contribution in [0.1, 0.15) is 40.5 Å². The van der Waals surface area contributed by atoms with Gasteiger partial charge in [0.15, 0.2) is 0 Å². The minimum atomic E-state index is 0.430. The highest BCUT2D eigenvalue weighted by molar-refractivity contribution is 8.00. The van der Waals surface area contributed by atoms with Gasteiger partial charge < -0.3 is 5.32 Å². The van der Waals surface area contributed by atoms with Crippen LogP contribution < -0.4 is 5.32 Å². The molecular formula is C14H30N2S. The summed E-state index contributed by atoms with van der Waals surface area (Å²) in [5, 5.41) is 4.16. The molecule has 3 atom stereocenters. The summed E-state index contributed by atoms with van der Waals surface area (Å²) >= 11 is 2.13. The zero-order valence-electron chi connectivity index (χ0n) is 12.3. The van der Waals surface area contributed by atoms with Gasteiger partial charge in [-0.25, -0.2) is 0 Å². The average Bonchev–Trinajstić information content (AvgIpc) is 2.25. The highest BCUT2D eigenvalue weighted by atomic mass is 32.2. The van der Waals surface area contributed by atoms with Crippen molar-refractivity contribution in [3.05, 3.63) is 0 Å². The maximum absolute atomic E-state index is 3.38. The molecule has 2 nitrogen and oxygen atoms in total. The van der Waals surface area contributed by atoms with Crippen LogP contribution in [0.2, 0.25) is 0 Å². The molecule has 3 unspecified atom stereocenters. The van der Waals surface area contributed by atoms with Crippen molar-refractivity contribution < 1.29 is 0 Å². The SMILES string of the molecule is CCCC(C)(CNC)CN1CCSC(C)C1C. The van der Waals surface area contributed by atoms with E-state index < -0.39 is 0 Å². The van der Waals surface area contributed by atoms with Gasteiger partial charge in [-0.05, 0) is 25.8 Å². The van der Waals surface area contributed by atoms with E-state index in [1.54, 1.807) is 0 Å². The van der Waals surface area contributed by atoms with E-state index >= 15 is 0 Å². The topological polar surface area (TPSA) is 15.3 Å². The van der Waals surface area contributed by atoms with Gasteiger partial charge in [-0.1, -0.05) is 27.2 Å². The molecule has 0 spiro atoms. The second-order valence-corrected chi connectivity index (χ2v) is 7.36. The zero-order chi connectivity index (χ0) is 12.9. The van der Waals surface area contributed by atoms with Gasteiger partial charge in [-0.2, -0.15) is 11.8 Å². The number of rotatable bonds is 6. The molecule has 0 amide bonds. The summed E-state index contributed by atoms with van der Waals surface area (Å²) in [6.07, 6.45) is 2.60. The second-order valence-electron chi connectivity index (χ2n) is 5.88. The van der Waals surface area contributed by atoms with Crippen molar-refractivity contribution in [1.82, 2.24) is 10.2 Å². The predicted molar refractivity (Wildman–Crippen MR) is 79.9 cm³/mol. The van der Waals surface area contributed by atoms with Crippen LogP contribution in [0, 0.1) is 5.41 Å². The molecule has 1 aliphatic rings. The van der Waals surface area contributed by atoms with Crippen LogP contribution in [0.5, 0.6) is 0 Å². The molecule has 1 rings (SSSR count). The van der Waals surface area contributed by atoms with E-state index in [2.05, 4.69) is 56.7 Å². The Labute approximate surface area is 112 Å². The van der Waals surface area contributed by atoms with Crippen molar-refractivity contribution >= 4 is 11.8 Å². The van der Waals surface area contributed by atoms with E-state index in [0.29, 0.717) is 5.41 Å². The molecule has 0 aliphatic carbocycles. The minimum Gasteiger partial charge on any atom is -0.319 e. The minimum absolute atomic E-state index is 0.430. The van der Waals surface area contributed by atoms with E-state index in [0.717, 1.165) is 17.8 Å². The number of thioether (sulfide) groups is 1. The first-order valence-corrected chi connectivity index (χ1v) is 8.07. The molecule has 1 heterocycles. The molecular weight excluding hydrogens is 228 g/mol. The summed E-state index contributed by atoms with van der Waals surface area (Å²) in [6, 6.07) is 0.724. The van der Waals surface area contributed by atoms with Gasteiger partial charge >= 0.3 is 0 Å². The van der Waals surface area contributed by atoms with Crippen LogP contribution in [0.25, 0.3) is 0 Å². The lowest BCUT2D eigenvalue weighted by molar-refractivity contribution is 0.120. The van der Waals surface area contributed by atoms with E-state index in [1.165, 1.54) is 31.7 Å². The molecule has 1 saturated heterocycles. The summed E-state index contributed by atoms with van der Waals surface area (Å²) < 4.78 is 0. The fourth-order valence-electron chi connectivity index (χ4n) is 2.96. The highest BCUT2D eigenvalue weighted by Crippen LogP contribution is 2.30. The van der Waals surface area contributed by atoms with Crippen LogP contribution in [0.4, 0.5) is 0 Å². The predicted octanol–water partition coefficient (Wildman–Crippen LogP) is 2.84. The van der Waals surface area contributed by atoms with Crippen molar-refractivity contribution in [3.63, 3.8) is 0 Å². The smallest absolute Gasteiger partial charge is 0.0184 e. The third kappa shape index (κ3) is 4.46. The molecule has 1 aliphatic heterocycles. The molecule has 0 saturated carbocycles. The largest absolute Gasteiger partial charge is 0.319 e. The Hall–Kier alpha value is 0.270. The Kier molecular flexibility index (Phi) is 6.32. The van der Waals surface area contributed by atoms with Crippen molar-refractivity contribution in [3.8, 4) is 0 Å². The van der Waals surface area contributed by atoms with Crippen LogP contribution in [0.15, 0.2) is 0 Å². The molecule has 3 heteroatoms. The molecule has 0 radical (unpaired) electrons. The van der Waals surface area contributed by atoms with Gasteiger partial charge in [0.1, 0.15) is 0 Å². The Bertz CT molecular complexity index is 214. The summed E-state index contributed by atoms with van der Waals surface area (Å²) in [5.41, 5.74) is 0.430. The number of nitrogens with zero attached hydrogens (tertiary/aromatic N) is 1. The number of hydrogen-bond donors (Lipinski definition) is 1. The summed E-state index contributed by atoms with van der Waals surface area (Å²) in [7, 11) is 2.08. The Morgan fingerprint density at radius 1 is 1.41 bits per heavy atom. The van der Waals surface area contributed by atoms with Crippen LogP contribution >= 0.6 is 11.8 Å². The maximum Gasteiger partial charge on any atom is 0.0184 e. The molecule has 0 bridgehead atoms. The van der Waals surface area contributed by atoms with Gasteiger partial charge in [0.2, 0.25) is 0 Å². The maximum atomic E-state index is 3.38. The molecule has 0 aromatic heterocycles. The fourth-order valence-corrected chi connectivity index (χ4v) is 4.13. The van der Waals surface area contributed by atoms with Crippen molar-refractivity contribution in [2.24, 2.45) is 5.41 Å². The van der Waals surface area contributed by atoms with Gasteiger partial charge in [0.05, 0.1) is 0 Å². The third-order valence-electron chi connectivity index (χ3n) is 4.06.